The van der Waals surface area contributed by atoms with E-state index >= 15 is 0 Å². The second kappa shape index (κ2) is 5.93. The van der Waals surface area contributed by atoms with Crippen molar-refractivity contribution in [3.63, 3.8) is 0 Å². The molecule has 6 nitrogen and oxygen atoms in total. The number of halogens is 3. The number of alkyl halides is 3. The van der Waals surface area contributed by atoms with Crippen molar-refractivity contribution in [1.29, 1.82) is 0 Å². The zero-order valence-corrected chi connectivity index (χ0v) is 14.2. The molecule has 27 heavy (non-hydrogen) atoms. The number of amides is 1. The van der Waals surface area contributed by atoms with Crippen molar-refractivity contribution in [2.75, 3.05) is 0 Å². The highest BCUT2D eigenvalue weighted by molar-refractivity contribution is 5.92. The van der Waals surface area contributed by atoms with Gasteiger partial charge >= 0.3 is 18.1 Å². The van der Waals surface area contributed by atoms with Gasteiger partial charge in [-0.3, -0.25) is 4.79 Å². The fourth-order valence-electron chi connectivity index (χ4n) is 4.40. The summed E-state index contributed by atoms with van der Waals surface area (Å²) in [6.07, 6.45) is -5.85. The quantitative estimate of drug-likeness (QED) is 0.605. The molecule has 3 saturated carbocycles. The Morgan fingerprint density at radius 3 is 2.67 bits per heavy atom. The molecule has 146 valence electrons. The van der Waals surface area contributed by atoms with Crippen LogP contribution in [0.1, 0.15) is 24.8 Å². The Bertz CT molecular complexity index is 770. The van der Waals surface area contributed by atoms with E-state index in [1.54, 1.807) is 35.6 Å². The SMILES string of the molecule is O=C(NC1(C(=O)OCc2ccccc2)C[C@H]2CC[C@]1(O)[C@@H]1O[C@H]21)C(F)(F)F. The maximum Gasteiger partial charge on any atom is 0.471 e. The van der Waals surface area contributed by atoms with Crippen LogP contribution in [-0.4, -0.2) is 46.5 Å². The Morgan fingerprint density at radius 1 is 1.30 bits per heavy atom. The van der Waals surface area contributed by atoms with Crippen molar-refractivity contribution in [2.24, 2.45) is 5.92 Å². The van der Waals surface area contributed by atoms with E-state index in [2.05, 4.69) is 0 Å². The van der Waals surface area contributed by atoms with E-state index in [1.807, 2.05) is 0 Å². The van der Waals surface area contributed by atoms with E-state index in [9.17, 15) is 27.9 Å². The van der Waals surface area contributed by atoms with E-state index in [0.717, 1.165) is 0 Å². The lowest BCUT2D eigenvalue weighted by Crippen LogP contribution is -2.77. The topological polar surface area (TPSA) is 88.2 Å². The van der Waals surface area contributed by atoms with Gasteiger partial charge in [0.15, 0.2) is 5.54 Å². The standard InChI is InChI=1S/C18H18F3NO5/c19-18(20,21)14(23)22-16(15(24)26-9-10-4-2-1-3-5-10)8-11-6-7-17(16,25)13-12(11)27-13/h1-5,11-13,25H,6-9H2,(H,22,23)/t11-,12-,13-,16?,17+/m1/s1. The summed E-state index contributed by atoms with van der Waals surface area (Å²) in [7, 11) is 0. The summed E-state index contributed by atoms with van der Waals surface area (Å²) in [6.45, 7) is -0.182. The molecule has 1 saturated heterocycles. The fraction of sp³-hybridized carbons (Fsp3) is 0.556. The number of hydrogen-bond acceptors (Lipinski definition) is 5. The molecule has 5 atom stereocenters. The molecule has 1 aromatic rings. The van der Waals surface area contributed by atoms with Gasteiger partial charge in [-0.2, -0.15) is 13.2 Å². The number of esters is 1. The van der Waals surface area contributed by atoms with Gasteiger partial charge in [0.2, 0.25) is 0 Å². The van der Waals surface area contributed by atoms with Gasteiger partial charge < -0.3 is 19.9 Å². The third kappa shape index (κ3) is 2.80. The Morgan fingerprint density at radius 2 is 2.00 bits per heavy atom. The van der Waals surface area contributed by atoms with Crippen LogP contribution in [0.3, 0.4) is 0 Å². The largest absolute Gasteiger partial charge is 0.471 e. The lowest BCUT2D eigenvalue weighted by Gasteiger charge is -2.53. The van der Waals surface area contributed by atoms with Crippen LogP contribution in [0.2, 0.25) is 0 Å². The summed E-state index contributed by atoms with van der Waals surface area (Å²) in [4.78, 5) is 24.6. The molecule has 3 aliphatic carbocycles. The Balaban J connectivity index is 1.62. The van der Waals surface area contributed by atoms with Crippen LogP contribution < -0.4 is 5.32 Å². The van der Waals surface area contributed by atoms with Crippen molar-refractivity contribution in [2.45, 2.75) is 55.4 Å². The molecule has 1 amide bonds. The predicted octanol–water partition coefficient (Wildman–Crippen LogP) is 1.46. The molecule has 0 radical (unpaired) electrons. The van der Waals surface area contributed by atoms with Gasteiger partial charge in [-0.1, -0.05) is 30.3 Å². The molecule has 0 spiro atoms. The number of hydrogen-bond donors (Lipinski definition) is 2. The van der Waals surface area contributed by atoms with Crippen molar-refractivity contribution < 1.29 is 37.3 Å². The molecule has 9 heteroatoms. The van der Waals surface area contributed by atoms with Crippen molar-refractivity contribution in [3.05, 3.63) is 35.9 Å². The van der Waals surface area contributed by atoms with E-state index in [-0.39, 0.29) is 31.5 Å². The number of carbonyl (C=O) groups excluding carboxylic acids is 2. The molecular weight excluding hydrogens is 367 g/mol. The monoisotopic (exact) mass is 385 g/mol. The van der Waals surface area contributed by atoms with Crippen LogP contribution in [0.4, 0.5) is 13.2 Å². The molecule has 4 aliphatic rings. The summed E-state index contributed by atoms with van der Waals surface area (Å²) < 4.78 is 49.3. The number of epoxide rings is 1. The Hall–Kier alpha value is -2.13. The highest BCUT2D eigenvalue weighted by Crippen LogP contribution is 2.59. The van der Waals surface area contributed by atoms with Crippen LogP contribution in [-0.2, 0) is 25.7 Å². The molecule has 4 fully saturated rings. The number of rotatable bonds is 4. The molecule has 1 heterocycles. The van der Waals surface area contributed by atoms with Gasteiger partial charge in [0, 0.05) is 0 Å². The van der Waals surface area contributed by atoms with E-state index in [0.29, 0.717) is 12.0 Å². The molecule has 1 aliphatic heterocycles. The number of carbonyl (C=O) groups is 2. The lowest BCUT2D eigenvalue weighted by atomic mass is 9.57. The van der Waals surface area contributed by atoms with Gasteiger partial charge in [0.25, 0.3) is 0 Å². The number of nitrogens with one attached hydrogen (secondary N) is 1. The molecular formula is C18H18F3NO5. The molecule has 2 N–H and O–H groups in total. The van der Waals surface area contributed by atoms with E-state index in [1.165, 1.54) is 0 Å². The maximum atomic E-state index is 12.9. The van der Waals surface area contributed by atoms with E-state index < -0.39 is 35.3 Å². The predicted molar refractivity (Wildman–Crippen MR) is 84.1 cm³/mol. The van der Waals surface area contributed by atoms with Crippen LogP contribution in [0.15, 0.2) is 30.3 Å². The van der Waals surface area contributed by atoms with Gasteiger partial charge in [0.1, 0.15) is 18.3 Å². The first kappa shape index (κ1) is 18.2. The van der Waals surface area contributed by atoms with Crippen LogP contribution in [0.25, 0.3) is 0 Å². The molecule has 1 aromatic carbocycles. The highest BCUT2D eigenvalue weighted by Gasteiger charge is 2.77. The molecule has 1 unspecified atom stereocenters. The van der Waals surface area contributed by atoms with Crippen LogP contribution in [0, 0.1) is 5.92 Å². The fourth-order valence-corrected chi connectivity index (χ4v) is 4.40. The Kier molecular flexibility index (Phi) is 4.01. The Labute approximate surface area is 152 Å². The van der Waals surface area contributed by atoms with Gasteiger partial charge in [-0.15, -0.1) is 0 Å². The lowest BCUT2D eigenvalue weighted by molar-refractivity contribution is -0.196. The summed E-state index contributed by atoms with van der Waals surface area (Å²) in [5.74, 6) is -3.58. The van der Waals surface area contributed by atoms with Gasteiger partial charge in [0.05, 0.1) is 6.10 Å². The van der Waals surface area contributed by atoms with Crippen LogP contribution in [0.5, 0.6) is 0 Å². The van der Waals surface area contributed by atoms with Crippen molar-refractivity contribution in [1.82, 2.24) is 5.32 Å². The molecule has 0 aromatic heterocycles. The average molecular weight is 385 g/mol. The third-order valence-corrected chi connectivity index (χ3v) is 5.81. The zero-order valence-electron chi connectivity index (χ0n) is 14.2. The number of fused-ring (bicyclic) bond motifs is 2. The minimum Gasteiger partial charge on any atom is -0.459 e. The number of benzene rings is 1. The minimum atomic E-state index is -5.19. The first-order valence-electron chi connectivity index (χ1n) is 8.66. The second-order valence-corrected chi connectivity index (χ2v) is 7.37. The summed E-state index contributed by atoms with van der Waals surface area (Å²) in [5.41, 5.74) is -3.48. The number of ether oxygens (including phenoxy) is 2. The second-order valence-electron chi connectivity index (χ2n) is 7.37. The van der Waals surface area contributed by atoms with E-state index in [4.69, 9.17) is 9.47 Å². The zero-order chi connectivity index (χ0) is 19.4. The normalized spacial score (nSPS) is 36.7. The summed E-state index contributed by atoms with van der Waals surface area (Å²) >= 11 is 0. The smallest absolute Gasteiger partial charge is 0.459 e. The summed E-state index contributed by atoms with van der Waals surface area (Å²) in [5, 5.41) is 12.9. The minimum absolute atomic E-state index is 0.0530. The molecule has 5 rings (SSSR count). The van der Waals surface area contributed by atoms with Crippen molar-refractivity contribution >= 4 is 11.9 Å². The maximum absolute atomic E-state index is 12.9. The summed E-state index contributed by atoms with van der Waals surface area (Å²) in [6, 6.07) is 8.60. The third-order valence-electron chi connectivity index (χ3n) is 5.81. The van der Waals surface area contributed by atoms with Gasteiger partial charge in [-0.05, 0) is 30.7 Å². The first-order valence-corrected chi connectivity index (χ1v) is 8.66. The highest BCUT2D eigenvalue weighted by atomic mass is 19.4. The van der Waals surface area contributed by atoms with Crippen LogP contribution >= 0.6 is 0 Å². The van der Waals surface area contributed by atoms with Crippen molar-refractivity contribution in [3.8, 4) is 0 Å². The first-order chi connectivity index (χ1) is 12.7. The van der Waals surface area contributed by atoms with Gasteiger partial charge in [-0.25, -0.2) is 4.79 Å². The molecule has 2 bridgehead atoms. The average Bonchev–Trinajstić information content (AvgIpc) is 3.44. The number of aliphatic hydroxyl groups is 1.